The van der Waals surface area contributed by atoms with Crippen LogP contribution in [-0.2, 0) is 64.4 Å². The standard InChI is InChI=1S/C23H20F7NO3.C22H18F7NO3/c1-12(13-8-15(22(25,26)27)10-16(9-13)23(28,29)30)34-11-21(14-4-6-17(24)7-5-14)18(32)20(2,3)19(33)31-21;1-12(13-7-15(21(24,25)26)9-16(8-13)22(27,28)29)33-11-20(14-3-5-17(23)6-4-14)18(32-2)10-19(31)30-20/h4-10,12H,11H2,1-3H3,(H,31,33);3-10,12H,11H2,1-2H3,(H,30,31)/t12-,21-;12-,20-/m11/s1. The van der Waals surface area contributed by atoms with Crippen LogP contribution >= 0.6 is 0 Å². The quantitative estimate of drug-likeness (QED) is 0.115. The molecule has 4 aromatic carbocycles. The second kappa shape index (κ2) is 18.6. The van der Waals surface area contributed by atoms with Crippen molar-refractivity contribution in [2.75, 3.05) is 20.3 Å². The molecule has 0 bridgehead atoms. The van der Waals surface area contributed by atoms with Crippen LogP contribution in [0.5, 0.6) is 0 Å². The number of ether oxygens (including phenoxy) is 3. The van der Waals surface area contributed by atoms with Crippen LogP contribution in [-0.4, -0.2) is 37.9 Å². The molecule has 22 heteroatoms. The van der Waals surface area contributed by atoms with Gasteiger partial charge in [0.1, 0.15) is 33.9 Å². The lowest BCUT2D eigenvalue weighted by Gasteiger charge is -2.33. The molecule has 67 heavy (non-hydrogen) atoms. The fourth-order valence-electron chi connectivity index (χ4n) is 7.21. The van der Waals surface area contributed by atoms with Gasteiger partial charge in [0, 0.05) is 6.08 Å². The Labute approximate surface area is 372 Å². The minimum Gasteiger partial charge on any atom is -0.498 e. The van der Waals surface area contributed by atoms with Crippen LogP contribution in [0, 0.1) is 17.0 Å². The van der Waals surface area contributed by atoms with Crippen LogP contribution in [0.1, 0.15) is 84.4 Å². The maximum Gasteiger partial charge on any atom is 0.416 e. The number of hydrogen-bond donors (Lipinski definition) is 2. The van der Waals surface area contributed by atoms with E-state index in [9.17, 15) is 75.8 Å². The predicted molar refractivity (Wildman–Crippen MR) is 208 cm³/mol. The van der Waals surface area contributed by atoms with E-state index < -0.39 is 124 Å². The Kier molecular flexibility index (Phi) is 14.4. The number of carbonyl (C=O) groups is 3. The van der Waals surface area contributed by atoms with Gasteiger partial charge in [0.15, 0.2) is 5.78 Å². The van der Waals surface area contributed by atoms with E-state index in [4.69, 9.17) is 14.2 Å². The number of ketones is 1. The highest BCUT2D eigenvalue weighted by Gasteiger charge is 2.59. The minimum absolute atomic E-state index is 0.000530. The Morgan fingerprint density at radius 2 is 0.881 bits per heavy atom. The smallest absolute Gasteiger partial charge is 0.416 e. The molecule has 0 aromatic heterocycles. The summed E-state index contributed by atoms with van der Waals surface area (Å²) < 4.78 is 202. The molecule has 0 radical (unpaired) electrons. The summed E-state index contributed by atoms with van der Waals surface area (Å²) in [4.78, 5) is 37.7. The zero-order chi connectivity index (χ0) is 50.3. The molecule has 2 heterocycles. The van der Waals surface area contributed by atoms with E-state index in [0.717, 1.165) is 30.3 Å². The van der Waals surface area contributed by atoms with E-state index in [-0.39, 0.29) is 29.0 Å². The summed E-state index contributed by atoms with van der Waals surface area (Å²) in [6, 6.07) is 11.8. The first-order valence-corrected chi connectivity index (χ1v) is 19.5. The highest BCUT2D eigenvalue weighted by molar-refractivity contribution is 6.16. The molecule has 362 valence electrons. The molecule has 1 fully saturated rings. The lowest BCUT2D eigenvalue weighted by molar-refractivity contribution is -0.145. The third-order valence-corrected chi connectivity index (χ3v) is 11.0. The lowest BCUT2D eigenvalue weighted by atomic mass is 9.78. The Bertz CT molecular complexity index is 2450. The summed E-state index contributed by atoms with van der Waals surface area (Å²) in [6.45, 7) is 4.21. The van der Waals surface area contributed by atoms with Crippen molar-refractivity contribution in [3.63, 3.8) is 0 Å². The third kappa shape index (κ3) is 11.2. The average molecular weight is 969 g/mol. The van der Waals surface area contributed by atoms with Gasteiger partial charge in [-0.2, -0.15) is 52.7 Å². The van der Waals surface area contributed by atoms with Crippen LogP contribution < -0.4 is 10.6 Å². The summed E-state index contributed by atoms with van der Waals surface area (Å²) in [5, 5.41) is 5.14. The van der Waals surface area contributed by atoms with Gasteiger partial charge in [-0.05, 0) is 111 Å². The fourth-order valence-corrected chi connectivity index (χ4v) is 7.21. The van der Waals surface area contributed by atoms with E-state index in [0.29, 0.717) is 29.8 Å². The van der Waals surface area contributed by atoms with E-state index in [1.54, 1.807) is 0 Å². The molecular weight excluding hydrogens is 930 g/mol. The van der Waals surface area contributed by atoms with Crippen LogP contribution in [0.2, 0.25) is 0 Å². The summed E-state index contributed by atoms with van der Waals surface area (Å²) in [6.07, 6.45) is -21.5. The molecule has 0 unspecified atom stereocenters. The molecule has 2 aliphatic rings. The molecule has 2 aliphatic heterocycles. The first-order valence-electron chi connectivity index (χ1n) is 19.5. The van der Waals surface area contributed by atoms with Crippen molar-refractivity contribution in [3.8, 4) is 0 Å². The number of Topliss-reactive ketones (excluding diaryl/α,β-unsaturated/α-hetero) is 1. The van der Waals surface area contributed by atoms with Crippen molar-refractivity contribution in [2.24, 2.45) is 5.41 Å². The van der Waals surface area contributed by atoms with Gasteiger partial charge in [0.2, 0.25) is 11.8 Å². The summed E-state index contributed by atoms with van der Waals surface area (Å²) in [5.41, 5.74) is -11.0. The maximum atomic E-state index is 13.4. The Morgan fingerprint density at radius 1 is 0.537 bits per heavy atom. The monoisotopic (exact) mass is 968 g/mol. The number of rotatable bonds is 11. The van der Waals surface area contributed by atoms with E-state index >= 15 is 0 Å². The summed E-state index contributed by atoms with van der Waals surface area (Å²) >= 11 is 0. The largest absolute Gasteiger partial charge is 0.498 e. The topological polar surface area (TPSA) is 103 Å². The van der Waals surface area contributed by atoms with E-state index in [2.05, 4.69) is 10.6 Å². The molecular formula is C45H38F14N2O6. The van der Waals surface area contributed by atoms with Crippen LogP contribution in [0.4, 0.5) is 61.5 Å². The van der Waals surface area contributed by atoms with Crippen LogP contribution in [0.15, 0.2) is 96.8 Å². The molecule has 4 atom stereocenters. The Hall–Kier alpha value is -6.03. The average Bonchev–Trinajstić information content (AvgIpc) is 3.66. The first kappa shape index (κ1) is 51.9. The Balaban J connectivity index is 0.000000251. The van der Waals surface area contributed by atoms with Gasteiger partial charge in [0.05, 0.1) is 54.8 Å². The van der Waals surface area contributed by atoms with Crippen molar-refractivity contribution < 1.29 is 90.1 Å². The molecule has 2 amide bonds. The zero-order valence-corrected chi connectivity index (χ0v) is 35.5. The van der Waals surface area contributed by atoms with Crippen molar-refractivity contribution in [1.82, 2.24) is 10.6 Å². The normalized spacial score (nSPS) is 20.6. The lowest BCUT2D eigenvalue weighted by Crippen LogP contribution is -2.48. The summed E-state index contributed by atoms with van der Waals surface area (Å²) in [7, 11) is 1.27. The number of methoxy groups -OCH3 is 1. The van der Waals surface area contributed by atoms with Crippen molar-refractivity contribution in [1.29, 1.82) is 0 Å². The van der Waals surface area contributed by atoms with Gasteiger partial charge in [-0.1, -0.05) is 24.3 Å². The van der Waals surface area contributed by atoms with Gasteiger partial charge < -0.3 is 24.8 Å². The van der Waals surface area contributed by atoms with Gasteiger partial charge in [-0.3, -0.25) is 14.4 Å². The van der Waals surface area contributed by atoms with Gasteiger partial charge in [0.25, 0.3) is 0 Å². The van der Waals surface area contributed by atoms with Crippen LogP contribution in [0.25, 0.3) is 0 Å². The number of hydrogen-bond acceptors (Lipinski definition) is 6. The fraction of sp³-hybridized carbons (Fsp3) is 0.356. The maximum absolute atomic E-state index is 13.4. The number of alkyl halides is 12. The molecule has 4 aromatic rings. The SMILES string of the molecule is COC1=CC(=O)N[C@]1(CO[C@H](C)c1cc(C(F)(F)F)cc(C(F)(F)F)c1)c1ccc(F)cc1.C[C@@H](OC[C@]1(c2ccc(F)cc2)NC(=O)C(C)(C)C1=O)c1cc(C(F)(F)F)cc(C(F)(F)F)c1. The molecule has 8 nitrogen and oxygen atoms in total. The molecule has 2 N–H and O–H groups in total. The van der Waals surface area contributed by atoms with Gasteiger partial charge >= 0.3 is 24.7 Å². The van der Waals surface area contributed by atoms with Crippen LogP contribution in [0.3, 0.4) is 0 Å². The number of benzene rings is 4. The Morgan fingerprint density at radius 3 is 1.19 bits per heavy atom. The second-order valence-electron chi connectivity index (χ2n) is 16.0. The van der Waals surface area contributed by atoms with Gasteiger partial charge in [-0.15, -0.1) is 0 Å². The molecule has 0 saturated carbocycles. The number of amides is 2. The molecule has 0 aliphatic carbocycles. The van der Waals surface area contributed by atoms with Crippen molar-refractivity contribution in [2.45, 2.75) is 75.7 Å². The highest BCUT2D eigenvalue weighted by atomic mass is 19.4. The zero-order valence-electron chi connectivity index (χ0n) is 35.5. The minimum atomic E-state index is -5.04. The molecule has 0 spiro atoms. The third-order valence-electron chi connectivity index (χ3n) is 11.0. The summed E-state index contributed by atoms with van der Waals surface area (Å²) in [5.74, 6) is -2.94. The van der Waals surface area contributed by atoms with Gasteiger partial charge in [-0.25, -0.2) is 8.78 Å². The van der Waals surface area contributed by atoms with Crippen molar-refractivity contribution in [3.05, 3.63) is 153 Å². The first-order chi connectivity index (χ1) is 30.7. The molecule has 6 rings (SSSR count). The number of carbonyl (C=O) groups excluding carboxylic acids is 3. The molecule has 1 saturated heterocycles. The second-order valence-corrected chi connectivity index (χ2v) is 16.0. The van der Waals surface area contributed by atoms with E-state index in [1.165, 1.54) is 59.1 Å². The number of halogens is 14. The van der Waals surface area contributed by atoms with E-state index in [1.807, 2.05) is 0 Å². The highest BCUT2D eigenvalue weighted by Crippen LogP contribution is 2.43. The predicted octanol–water partition coefficient (Wildman–Crippen LogP) is 11.1. The number of nitrogens with one attached hydrogen (secondary N) is 2. The van der Waals surface area contributed by atoms with Crippen molar-refractivity contribution >= 4 is 17.6 Å².